The van der Waals surface area contributed by atoms with Gasteiger partial charge in [0.25, 0.3) is 0 Å². The van der Waals surface area contributed by atoms with Gasteiger partial charge in [0, 0.05) is 13.1 Å². The molecule has 0 spiro atoms. The Morgan fingerprint density at radius 2 is 2.35 bits per heavy atom. The molecule has 3 aromatic rings. The Morgan fingerprint density at radius 3 is 3.00 bits per heavy atom. The van der Waals surface area contributed by atoms with E-state index < -0.39 is 0 Å². The lowest BCUT2D eigenvalue weighted by atomic mass is 10.3. The molecular weight excluding hydrogens is 427 g/mol. The standard InChI is InChI=1S/C12H10ClIN4S2/c13-6-1-4-20-11(6)9-7(14)8-10(18(9)3-2-15)12(19)17-5-16-8/h1,4-5H,2-3,15H2,(H,16,17,19). The molecule has 0 amide bonds. The molecule has 3 aromatic heterocycles. The van der Waals surface area contributed by atoms with E-state index in [1.165, 1.54) is 0 Å². The average molecular weight is 437 g/mol. The highest BCUT2D eigenvalue weighted by Gasteiger charge is 2.20. The summed E-state index contributed by atoms with van der Waals surface area (Å²) >= 11 is 15.6. The van der Waals surface area contributed by atoms with Crippen LogP contribution in [0.2, 0.25) is 5.02 Å². The highest BCUT2D eigenvalue weighted by molar-refractivity contribution is 14.1. The van der Waals surface area contributed by atoms with Gasteiger partial charge in [-0.15, -0.1) is 11.3 Å². The van der Waals surface area contributed by atoms with Crippen LogP contribution in [0.1, 0.15) is 0 Å². The first-order valence-corrected chi connectivity index (χ1v) is 8.58. The zero-order chi connectivity index (χ0) is 14.3. The molecule has 0 unspecified atom stereocenters. The van der Waals surface area contributed by atoms with Gasteiger partial charge in [0.2, 0.25) is 0 Å². The van der Waals surface area contributed by atoms with Crippen LogP contribution in [-0.4, -0.2) is 21.1 Å². The van der Waals surface area contributed by atoms with Crippen molar-refractivity contribution < 1.29 is 0 Å². The Morgan fingerprint density at radius 1 is 1.55 bits per heavy atom. The third-order valence-electron chi connectivity index (χ3n) is 2.98. The summed E-state index contributed by atoms with van der Waals surface area (Å²) in [5.74, 6) is 0. The van der Waals surface area contributed by atoms with Gasteiger partial charge in [0.05, 0.1) is 31.0 Å². The summed E-state index contributed by atoms with van der Waals surface area (Å²) in [7, 11) is 0. The number of halogens is 2. The average Bonchev–Trinajstić information content (AvgIpc) is 2.94. The predicted octanol–water partition coefficient (Wildman–Crippen LogP) is 4.04. The van der Waals surface area contributed by atoms with Gasteiger partial charge in [-0.3, -0.25) is 0 Å². The van der Waals surface area contributed by atoms with Crippen molar-refractivity contribution in [3.8, 4) is 10.6 Å². The van der Waals surface area contributed by atoms with Crippen LogP contribution in [0.4, 0.5) is 0 Å². The molecule has 3 heterocycles. The minimum absolute atomic E-state index is 0.527. The number of aromatic amines is 1. The van der Waals surface area contributed by atoms with Crippen molar-refractivity contribution in [2.24, 2.45) is 5.73 Å². The molecule has 0 fully saturated rings. The summed E-state index contributed by atoms with van der Waals surface area (Å²) in [4.78, 5) is 8.38. The molecule has 0 saturated carbocycles. The highest BCUT2D eigenvalue weighted by atomic mass is 127. The van der Waals surface area contributed by atoms with E-state index in [4.69, 9.17) is 29.6 Å². The van der Waals surface area contributed by atoms with Gasteiger partial charge in [-0.25, -0.2) is 4.98 Å². The topological polar surface area (TPSA) is 59.6 Å². The number of hydrogen-bond donors (Lipinski definition) is 2. The molecule has 0 atom stereocenters. The normalized spacial score (nSPS) is 11.3. The number of nitrogens with zero attached hydrogens (tertiary/aromatic N) is 2. The van der Waals surface area contributed by atoms with Crippen molar-refractivity contribution in [2.45, 2.75) is 6.54 Å². The highest BCUT2D eigenvalue weighted by Crippen LogP contribution is 2.40. The summed E-state index contributed by atoms with van der Waals surface area (Å²) in [6.45, 7) is 1.20. The summed E-state index contributed by atoms with van der Waals surface area (Å²) in [6, 6.07) is 1.90. The molecule has 4 nitrogen and oxygen atoms in total. The molecule has 0 radical (unpaired) electrons. The van der Waals surface area contributed by atoms with E-state index in [0.29, 0.717) is 17.7 Å². The van der Waals surface area contributed by atoms with Crippen molar-refractivity contribution >= 4 is 68.8 Å². The van der Waals surface area contributed by atoms with E-state index in [-0.39, 0.29) is 0 Å². The molecule has 0 aliphatic carbocycles. The molecule has 104 valence electrons. The van der Waals surface area contributed by atoms with Crippen LogP contribution in [0.5, 0.6) is 0 Å². The van der Waals surface area contributed by atoms with Gasteiger partial charge in [-0.2, -0.15) is 0 Å². The summed E-state index contributed by atoms with van der Waals surface area (Å²) < 4.78 is 3.77. The number of H-pyrrole nitrogens is 1. The van der Waals surface area contributed by atoms with Crippen LogP contribution in [-0.2, 0) is 6.54 Å². The number of nitrogens with one attached hydrogen (secondary N) is 1. The molecule has 3 N–H and O–H groups in total. The Bertz CT molecular complexity index is 836. The second-order valence-electron chi connectivity index (χ2n) is 4.13. The summed E-state index contributed by atoms with van der Waals surface area (Å²) in [5, 5.41) is 2.72. The SMILES string of the molecule is NCCn1c(-c2sccc2Cl)c(I)c2[nH]cnc(=S)c21. The first kappa shape index (κ1) is 14.5. The lowest BCUT2D eigenvalue weighted by molar-refractivity contribution is 0.739. The molecule has 3 rings (SSSR count). The van der Waals surface area contributed by atoms with E-state index in [9.17, 15) is 0 Å². The Balaban J connectivity index is 2.45. The van der Waals surface area contributed by atoms with E-state index in [0.717, 1.165) is 30.2 Å². The molecule has 0 aliphatic heterocycles. The molecule has 0 aliphatic rings. The maximum absolute atomic E-state index is 6.30. The smallest absolute Gasteiger partial charge is 0.153 e. The first-order chi connectivity index (χ1) is 9.65. The zero-order valence-corrected chi connectivity index (χ0v) is 14.7. The van der Waals surface area contributed by atoms with Gasteiger partial charge < -0.3 is 15.3 Å². The van der Waals surface area contributed by atoms with E-state index >= 15 is 0 Å². The fourth-order valence-electron chi connectivity index (χ4n) is 2.20. The Kier molecular flexibility index (Phi) is 4.14. The Hall–Kier alpha value is -0.480. The van der Waals surface area contributed by atoms with Crippen LogP contribution in [0.3, 0.4) is 0 Å². The summed E-state index contributed by atoms with van der Waals surface area (Å²) in [6.07, 6.45) is 1.62. The maximum atomic E-state index is 6.30. The van der Waals surface area contributed by atoms with Crippen LogP contribution in [0.25, 0.3) is 21.6 Å². The predicted molar refractivity (Wildman–Crippen MR) is 95.0 cm³/mol. The van der Waals surface area contributed by atoms with Gasteiger partial charge >= 0.3 is 0 Å². The quantitative estimate of drug-likeness (QED) is 0.481. The minimum atomic E-state index is 0.527. The number of rotatable bonds is 3. The molecular formula is C12H10ClIN4S2. The van der Waals surface area contributed by atoms with Crippen molar-refractivity contribution in [1.29, 1.82) is 0 Å². The second kappa shape index (κ2) is 5.72. The zero-order valence-electron chi connectivity index (χ0n) is 10.2. The first-order valence-electron chi connectivity index (χ1n) is 5.84. The fourth-order valence-corrected chi connectivity index (χ4v) is 4.82. The van der Waals surface area contributed by atoms with Gasteiger partial charge in [0.1, 0.15) is 5.52 Å². The monoisotopic (exact) mass is 436 g/mol. The van der Waals surface area contributed by atoms with Crippen molar-refractivity contribution in [3.05, 3.63) is 31.0 Å². The van der Waals surface area contributed by atoms with Crippen LogP contribution in [0, 0.1) is 8.21 Å². The van der Waals surface area contributed by atoms with E-state index in [1.54, 1.807) is 17.7 Å². The Labute approximate surface area is 143 Å². The maximum Gasteiger partial charge on any atom is 0.153 e. The molecule has 8 heteroatoms. The number of hydrogen-bond acceptors (Lipinski definition) is 4. The molecule has 0 saturated heterocycles. The van der Waals surface area contributed by atoms with Gasteiger partial charge in [-0.05, 0) is 34.0 Å². The third-order valence-corrected chi connectivity index (χ3v) is 5.68. The number of fused-ring (bicyclic) bond motifs is 1. The molecule has 0 aromatic carbocycles. The minimum Gasteiger partial charge on any atom is -0.344 e. The second-order valence-corrected chi connectivity index (χ2v) is 6.92. The van der Waals surface area contributed by atoms with Crippen LogP contribution >= 0.6 is 57.7 Å². The number of aromatic nitrogens is 3. The lowest BCUT2D eigenvalue weighted by Crippen LogP contribution is -2.11. The van der Waals surface area contributed by atoms with Crippen molar-refractivity contribution in [1.82, 2.24) is 14.5 Å². The third kappa shape index (κ3) is 2.21. The molecule has 20 heavy (non-hydrogen) atoms. The van der Waals surface area contributed by atoms with Crippen molar-refractivity contribution in [3.63, 3.8) is 0 Å². The van der Waals surface area contributed by atoms with Crippen LogP contribution in [0.15, 0.2) is 17.8 Å². The molecule has 0 bridgehead atoms. The van der Waals surface area contributed by atoms with E-state index in [2.05, 4.69) is 37.1 Å². The van der Waals surface area contributed by atoms with Crippen molar-refractivity contribution in [2.75, 3.05) is 6.54 Å². The van der Waals surface area contributed by atoms with Crippen LogP contribution < -0.4 is 5.73 Å². The fraction of sp³-hybridized carbons (Fsp3) is 0.167. The van der Waals surface area contributed by atoms with E-state index in [1.807, 2.05) is 11.4 Å². The number of thiophene rings is 1. The largest absolute Gasteiger partial charge is 0.344 e. The van der Waals surface area contributed by atoms with Gasteiger partial charge in [-0.1, -0.05) is 23.8 Å². The number of nitrogens with two attached hydrogens (primary N) is 1. The summed E-state index contributed by atoms with van der Waals surface area (Å²) in [5.41, 5.74) is 8.71. The lowest BCUT2D eigenvalue weighted by Gasteiger charge is -2.08. The van der Waals surface area contributed by atoms with Gasteiger partial charge in [0.15, 0.2) is 4.64 Å².